The van der Waals surface area contributed by atoms with Gasteiger partial charge in [-0.2, -0.15) is 4.31 Å². The molecule has 0 bridgehead atoms. The van der Waals surface area contributed by atoms with Crippen molar-refractivity contribution in [3.8, 4) is 0 Å². The molecule has 190 valence electrons. The first-order valence-electron chi connectivity index (χ1n) is 12.5. The van der Waals surface area contributed by atoms with Crippen LogP contribution in [-0.2, 0) is 14.8 Å². The van der Waals surface area contributed by atoms with Gasteiger partial charge in [-0.1, -0.05) is 52.3 Å². The van der Waals surface area contributed by atoms with Gasteiger partial charge in [-0.15, -0.1) is 0 Å². The van der Waals surface area contributed by atoms with E-state index < -0.39 is 15.6 Å². The van der Waals surface area contributed by atoms with Gasteiger partial charge in [0.15, 0.2) is 0 Å². The molecule has 1 unspecified atom stereocenters. The summed E-state index contributed by atoms with van der Waals surface area (Å²) in [6.07, 6.45) is 6.78. The van der Waals surface area contributed by atoms with Crippen LogP contribution in [0.1, 0.15) is 85.1 Å². The van der Waals surface area contributed by atoms with Crippen LogP contribution in [0.4, 0.5) is 0 Å². The van der Waals surface area contributed by atoms with Gasteiger partial charge in [0.2, 0.25) is 10.0 Å². The van der Waals surface area contributed by atoms with Crippen molar-refractivity contribution < 1.29 is 13.2 Å². The molecule has 1 saturated heterocycles. The minimum atomic E-state index is -3.47. The number of carbonyl (C=O) groups is 1. The third kappa shape index (κ3) is 7.77. The molecule has 2 N–H and O–H groups in total. The second-order valence-corrected chi connectivity index (χ2v) is 12.5. The second kappa shape index (κ2) is 12.1. The molecule has 1 aliphatic rings. The number of amidine groups is 1. The van der Waals surface area contributed by atoms with E-state index in [1.165, 1.54) is 5.57 Å². The Kier molecular flexibility index (Phi) is 10.1. The monoisotopic (exact) mass is 489 g/mol. The number of aldehydes is 1. The lowest BCUT2D eigenvalue weighted by atomic mass is 9.89. The molecule has 1 fully saturated rings. The third-order valence-corrected chi connectivity index (χ3v) is 8.49. The van der Waals surface area contributed by atoms with Crippen LogP contribution in [0.25, 0.3) is 0 Å². The molecule has 1 aliphatic heterocycles. The van der Waals surface area contributed by atoms with Crippen LogP contribution < -0.4 is 5.73 Å². The first-order valence-corrected chi connectivity index (χ1v) is 14.0. The molecular weight excluding hydrogens is 446 g/mol. The summed E-state index contributed by atoms with van der Waals surface area (Å²) in [6.45, 7) is 13.3. The summed E-state index contributed by atoms with van der Waals surface area (Å²) in [4.78, 5) is 16.5. The molecule has 6 nitrogen and oxygen atoms in total. The van der Waals surface area contributed by atoms with Crippen molar-refractivity contribution >= 4 is 22.1 Å². The number of hydrogen-bond donors (Lipinski definition) is 1. The first-order chi connectivity index (χ1) is 15.9. The number of nitrogens with zero attached hydrogens (tertiary/aromatic N) is 2. The van der Waals surface area contributed by atoms with E-state index in [-0.39, 0.29) is 0 Å². The molecule has 1 aromatic carbocycles. The maximum atomic E-state index is 13.1. The number of rotatable bonds is 11. The average molecular weight is 490 g/mol. The molecule has 0 spiro atoms. The standard InChI is InChI=1S/C27H43N3O3S/c1-7-22(17-26(28)29-27(6,19-31)18-20(2)3)16-23-12-14-30(15-13-23)34(32,33)25-10-8-24(9-11-25)21(4)5/h8-11,17,19-21,23H,7,12-16,18H2,1-6H3,(H2,28,29)/b22-17-. The van der Waals surface area contributed by atoms with Gasteiger partial charge in [-0.3, -0.25) is 4.99 Å². The Morgan fingerprint density at radius 3 is 2.24 bits per heavy atom. The minimum Gasteiger partial charge on any atom is -0.384 e. The summed E-state index contributed by atoms with van der Waals surface area (Å²) in [5.41, 5.74) is 7.71. The fraction of sp³-hybridized carbons (Fsp3) is 0.630. The van der Waals surface area contributed by atoms with E-state index in [2.05, 4.69) is 39.6 Å². The highest BCUT2D eigenvalue weighted by Crippen LogP contribution is 2.29. The van der Waals surface area contributed by atoms with Gasteiger partial charge >= 0.3 is 0 Å². The Hall–Kier alpha value is -1.99. The summed E-state index contributed by atoms with van der Waals surface area (Å²) in [5.74, 6) is 1.50. The van der Waals surface area contributed by atoms with Gasteiger partial charge in [-0.05, 0) is 80.6 Å². The molecular formula is C27H43N3O3S. The Bertz CT molecular complexity index is 973. The van der Waals surface area contributed by atoms with Crippen LogP contribution in [0.2, 0.25) is 0 Å². The quantitative estimate of drug-likeness (QED) is 0.259. The number of allylic oxidation sites excluding steroid dienone is 1. The second-order valence-electron chi connectivity index (χ2n) is 10.5. The SMILES string of the molecule is CC/C(=C/C(N)=NC(C)(C=O)CC(C)C)CC1CCN(S(=O)(=O)c2ccc(C(C)C)cc2)CC1. The van der Waals surface area contributed by atoms with E-state index in [9.17, 15) is 13.2 Å². The van der Waals surface area contributed by atoms with Crippen LogP contribution in [0.15, 0.2) is 45.8 Å². The number of carbonyl (C=O) groups excluding carboxylic acids is 1. The molecule has 2 rings (SSSR count). The van der Waals surface area contributed by atoms with E-state index in [1.807, 2.05) is 25.1 Å². The van der Waals surface area contributed by atoms with Gasteiger partial charge in [0.1, 0.15) is 17.7 Å². The summed E-state index contributed by atoms with van der Waals surface area (Å²) < 4.78 is 27.8. The smallest absolute Gasteiger partial charge is 0.243 e. The zero-order valence-electron chi connectivity index (χ0n) is 21.8. The summed E-state index contributed by atoms with van der Waals surface area (Å²) in [5, 5.41) is 0. The van der Waals surface area contributed by atoms with Crippen molar-refractivity contribution in [3.05, 3.63) is 41.5 Å². The number of aliphatic imine (C=N–C) groups is 1. The van der Waals surface area contributed by atoms with Crippen molar-refractivity contribution in [1.29, 1.82) is 0 Å². The predicted molar refractivity (Wildman–Crippen MR) is 141 cm³/mol. The maximum absolute atomic E-state index is 13.1. The molecule has 0 amide bonds. The van der Waals surface area contributed by atoms with Crippen LogP contribution in [0.3, 0.4) is 0 Å². The van der Waals surface area contributed by atoms with Crippen molar-refractivity contribution in [3.63, 3.8) is 0 Å². The minimum absolute atomic E-state index is 0.344. The Morgan fingerprint density at radius 2 is 1.76 bits per heavy atom. The van der Waals surface area contributed by atoms with Crippen molar-refractivity contribution in [2.24, 2.45) is 22.6 Å². The maximum Gasteiger partial charge on any atom is 0.243 e. The van der Waals surface area contributed by atoms with Gasteiger partial charge in [-0.25, -0.2) is 8.42 Å². The van der Waals surface area contributed by atoms with Crippen LogP contribution in [-0.4, -0.2) is 43.5 Å². The number of benzene rings is 1. The van der Waals surface area contributed by atoms with Crippen molar-refractivity contribution in [2.75, 3.05) is 13.1 Å². The fourth-order valence-electron chi connectivity index (χ4n) is 4.69. The number of nitrogens with two attached hydrogens (primary N) is 1. The topological polar surface area (TPSA) is 92.8 Å². The molecule has 1 heterocycles. The number of sulfonamides is 1. The molecule has 1 aromatic rings. The van der Waals surface area contributed by atoms with E-state index in [0.29, 0.717) is 48.0 Å². The summed E-state index contributed by atoms with van der Waals surface area (Å²) >= 11 is 0. The van der Waals surface area contributed by atoms with Crippen LogP contribution in [0.5, 0.6) is 0 Å². The lowest BCUT2D eigenvalue weighted by Gasteiger charge is -2.31. The zero-order valence-corrected chi connectivity index (χ0v) is 22.6. The van der Waals surface area contributed by atoms with Gasteiger partial charge in [0.25, 0.3) is 0 Å². The Balaban J connectivity index is 2.02. The molecule has 34 heavy (non-hydrogen) atoms. The summed E-state index contributed by atoms with van der Waals surface area (Å²) in [6, 6.07) is 7.27. The highest BCUT2D eigenvalue weighted by atomic mass is 32.2. The van der Waals surface area contributed by atoms with E-state index >= 15 is 0 Å². The zero-order chi connectivity index (χ0) is 25.5. The molecule has 1 atom stereocenters. The third-order valence-electron chi connectivity index (χ3n) is 6.57. The van der Waals surface area contributed by atoms with Gasteiger partial charge in [0.05, 0.1) is 4.90 Å². The highest BCUT2D eigenvalue weighted by Gasteiger charge is 2.30. The van der Waals surface area contributed by atoms with Crippen LogP contribution >= 0.6 is 0 Å². The molecule has 0 aromatic heterocycles. The predicted octanol–water partition coefficient (Wildman–Crippen LogP) is 5.30. The first kappa shape index (κ1) is 28.2. The number of hydrogen-bond acceptors (Lipinski definition) is 4. The average Bonchev–Trinajstić information content (AvgIpc) is 2.78. The van der Waals surface area contributed by atoms with Gasteiger partial charge < -0.3 is 10.5 Å². The molecule has 0 saturated carbocycles. The number of piperidine rings is 1. The van der Waals surface area contributed by atoms with E-state index in [1.54, 1.807) is 16.4 Å². The van der Waals surface area contributed by atoms with Crippen molar-refractivity contribution in [2.45, 2.75) is 90.0 Å². The fourth-order valence-corrected chi connectivity index (χ4v) is 6.16. The molecule has 7 heteroatoms. The van der Waals surface area contributed by atoms with Crippen LogP contribution in [0, 0.1) is 11.8 Å². The molecule has 0 radical (unpaired) electrons. The lowest BCUT2D eigenvalue weighted by Crippen LogP contribution is -2.38. The highest BCUT2D eigenvalue weighted by molar-refractivity contribution is 7.89. The largest absolute Gasteiger partial charge is 0.384 e. The normalized spacial score (nSPS) is 18.9. The summed E-state index contributed by atoms with van der Waals surface area (Å²) in [7, 11) is -3.47. The van der Waals surface area contributed by atoms with Gasteiger partial charge in [0, 0.05) is 13.1 Å². The van der Waals surface area contributed by atoms with Crippen molar-refractivity contribution in [1.82, 2.24) is 4.31 Å². The Labute approximate surface area is 206 Å². The Morgan fingerprint density at radius 1 is 1.18 bits per heavy atom. The molecule has 0 aliphatic carbocycles. The lowest BCUT2D eigenvalue weighted by molar-refractivity contribution is -0.112. The van der Waals surface area contributed by atoms with E-state index in [0.717, 1.165) is 37.5 Å². The van der Waals surface area contributed by atoms with E-state index in [4.69, 9.17) is 5.73 Å².